The van der Waals surface area contributed by atoms with Crippen LogP contribution >= 0.6 is 11.6 Å². The molecule has 0 aliphatic carbocycles. The van der Waals surface area contributed by atoms with Gasteiger partial charge >= 0.3 is 0 Å². The van der Waals surface area contributed by atoms with Gasteiger partial charge in [0.15, 0.2) is 0 Å². The van der Waals surface area contributed by atoms with Crippen LogP contribution in [0.5, 0.6) is 5.75 Å². The van der Waals surface area contributed by atoms with Crippen LogP contribution in [-0.2, 0) is 14.8 Å². The van der Waals surface area contributed by atoms with Gasteiger partial charge < -0.3 is 10.1 Å². The number of rotatable bonds is 6. The number of anilines is 1. The molecule has 0 saturated carbocycles. The lowest BCUT2D eigenvalue weighted by Gasteiger charge is -2.17. The summed E-state index contributed by atoms with van der Waals surface area (Å²) < 4.78 is 32.4. The van der Waals surface area contributed by atoms with E-state index in [1.807, 2.05) is 32.0 Å². The maximum Gasteiger partial charge on any atom is 0.242 e. The number of amides is 1. The largest absolute Gasteiger partial charge is 0.495 e. The predicted octanol–water partition coefficient (Wildman–Crippen LogP) is 3.27. The second kappa shape index (κ2) is 8.07. The zero-order valence-electron chi connectivity index (χ0n) is 15.0. The third-order valence-corrected chi connectivity index (χ3v) is 5.72. The molecule has 0 aliphatic rings. The molecule has 2 aromatic carbocycles. The van der Waals surface area contributed by atoms with Gasteiger partial charge in [0.1, 0.15) is 5.75 Å². The molecule has 140 valence electrons. The number of para-hydroxylation sites is 1. The molecule has 1 amide bonds. The molecule has 2 aromatic rings. The molecule has 26 heavy (non-hydrogen) atoms. The molecule has 1 atom stereocenters. The summed E-state index contributed by atoms with van der Waals surface area (Å²) in [6.45, 7) is 5.22. The van der Waals surface area contributed by atoms with Crippen molar-refractivity contribution in [2.75, 3.05) is 12.4 Å². The molecule has 0 unspecified atom stereocenters. The van der Waals surface area contributed by atoms with E-state index in [0.717, 1.165) is 11.1 Å². The highest BCUT2D eigenvalue weighted by molar-refractivity contribution is 7.89. The van der Waals surface area contributed by atoms with Crippen LogP contribution < -0.4 is 14.8 Å². The summed E-state index contributed by atoms with van der Waals surface area (Å²) in [5, 5.41) is 2.94. The average molecular weight is 397 g/mol. The molecular formula is C18H21ClN2O4S. The van der Waals surface area contributed by atoms with E-state index in [0.29, 0.717) is 11.4 Å². The van der Waals surface area contributed by atoms with E-state index < -0.39 is 22.0 Å². The number of carbonyl (C=O) groups excluding carboxylic acids is 1. The van der Waals surface area contributed by atoms with Crippen LogP contribution in [0, 0.1) is 13.8 Å². The van der Waals surface area contributed by atoms with Gasteiger partial charge in [0.25, 0.3) is 0 Å². The van der Waals surface area contributed by atoms with Crippen LogP contribution in [0.1, 0.15) is 18.1 Å². The van der Waals surface area contributed by atoms with E-state index in [2.05, 4.69) is 10.0 Å². The van der Waals surface area contributed by atoms with Gasteiger partial charge in [0.05, 0.1) is 23.1 Å². The van der Waals surface area contributed by atoms with Crippen LogP contribution in [0.3, 0.4) is 0 Å². The van der Waals surface area contributed by atoms with Crippen LogP contribution in [-0.4, -0.2) is 27.5 Å². The van der Waals surface area contributed by atoms with Crippen LogP contribution in [0.15, 0.2) is 41.3 Å². The first kappa shape index (κ1) is 20.2. The molecule has 0 heterocycles. The summed E-state index contributed by atoms with van der Waals surface area (Å²) in [6.07, 6.45) is 0. The zero-order chi connectivity index (χ0) is 19.5. The molecule has 0 radical (unpaired) electrons. The van der Waals surface area contributed by atoms with Crippen molar-refractivity contribution in [3.8, 4) is 5.75 Å². The van der Waals surface area contributed by atoms with Crippen LogP contribution in [0.2, 0.25) is 5.02 Å². The number of aryl methyl sites for hydroxylation is 2. The van der Waals surface area contributed by atoms with Gasteiger partial charge in [-0.25, -0.2) is 8.42 Å². The molecule has 0 aromatic heterocycles. The lowest BCUT2D eigenvalue weighted by atomic mass is 10.1. The Kier molecular flexibility index (Phi) is 6.28. The number of ether oxygens (including phenoxy) is 1. The Bertz CT molecular complexity index is 909. The lowest BCUT2D eigenvalue weighted by Crippen LogP contribution is -2.41. The first-order valence-corrected chi connectivity index (χ1v) is 9.74. The minimum absolute atomic E-state index is 0.0463. The van der Waals surface area contributed by atoms with Gasteiger partial charge in [-0.1, -0.05) is 29.8 Å². The van der Waals surface area contributed by atoms with E-state index in [9.17, 15) is 13.2 Å². The number of nitrogens with one attached hydrogen (secondary N) is 2. The maximum atomic E-state index is 12.5. The second-order valence-corrected chi connectivity index (χ2v) is 8.02. The Morgan fingerprint density at radius 3 is 2.31 bits per heavy atom. The molecule has 0 saturated heterocycles. The van der Waals surface area contributed by atoms with Gasteiger partial charge in [-0.3, -0.25) is 4.79 Å². The maximum absolute atomic E-state index is 12.5. The summed E-state index contributed by atoms with van der Waals surface area (Å²) in [5.41, 5.74) is 2.47. The highest BCUT2D eigenvalue weighted by Crippen LogP contribution is 2.27. The van der Waals surface area contributed by atoms with Crippen molar-refractivity contribution < 1.29 is 17.9 Å². The van der Waals surface area contributed by atoms with Crippen LogP contribution in [0.4, 0.5) is 5.69 Å². The Hall–Kier alpha value is -2.09. The smallest absolute Gasteiger partial charge is 0.242 e. The Labute approximate surface area is 158 Å². The molecule has 6 nitrogen and oxygen atoms in total. The van der Waals surface area contributed by atoms with Gasteiger partial charge in [0.2, 0.25) is 15.9 Å². The number of halogens is 1. The van der Waals surface area contributed by atoms with Crippen molar-refractivity contribution >= 4 is 33.2 Å². The first-order valence-electron chi connectivity index (χ1n) is 7.88. The topological polar surface area (TPSA) is 84.5 Å². The van der Waals surface area contributed by atoms with Gasteiger partial charge in [0, 0.05) is 5.69 Å². The summed E-state index contributed by atoms with van der Waals surface area (Å²) in [6, 6.07) is 8.76. The monoisotopic (exact) mass is 396 g/mol. The molecular weight excluding hydrogens is 376 g/mol. The summed E-state index contributed by atoms with van der Waals surface area (Å²) in [7, 11) is -2.48. The number of hydrogen-bond acceptors (Lipinski definition) is 4. The predicted molar refractivity (Wildman–Crippen MR) is 102 cm³/mol. The van der Waals surface area contributed by atoms with E-state index in [1.165, 1.54) is 32.2 Å². The number of carbonyl (C=O) groups is 1. The van der Waals surface area contributed by atoms with E-state index in [4.69, 9.17) is 16.3 Å². The van der Waals surface area contributed by atoms with Crippen molar-refractivity contribution in [2.24, 2.45) is 0 Å². The zero-order valence-corrected chi connectivity index (χ0v) is 16.5. The number of hydrogen-bond donors (Lipinski definition) is 2. The molecule has 8 heteroatoms. The lowest BCUT2D eigenvalue weighted by molar-refractivity contribution is -0.117. The third kappa shape index (κ3) is 4.55. The van der Waals surface area contributed by atoms with Gasteiger partial charge in [-0.15, -0.1) is 0 Å². The number of benzene rings is 2. The fraction of sp³-hybridized carbons (Fsp3) is 0.278. The average Bonchev–Trinajstić information content (AvgIpc) is 2.57. The normalized spacial score (nSPS) is 12.5. The number of sulfonamides is 1. The molecule has 0 fully saturated rings. The Balaban J connectivity index is 2.16. The molecule has 0 bridgehead atoms. The Morgan fingerprint density at radius 2 is 1.77 bits per heavy atom. The first-order chi connectivity index (χ1) is 12.2. The summed E-state index contributed by atoms with van der Waals surface area (Å²) >= 11 is 5.98. The van der Waals surface area contributed by atoms with Crippen molar-refractivity contribution in [2.45, 2.75) is 31.7 Å². The fourth-order valence-electron chi connectivity index (χ4n) is 2.41. The third-order valence-electron chi connectivity index (χ3n) is 3.89. The number of methoxy groups -OCH3 is 1. The van der Waals surface area contributed by atoms with E-state index >= 15 is 0 Å². The van der Waals surface area contributed by atoms with Crippen molar-refractivity contribution in [1.82, 2.24) is 4.72 Å². The molecule has 2 N–H and O–H groups in total. The second-order valence-electron chi connectivity index (χ2n) is 5.90. The molecule has 0 aliphatic heterocycles. The van der Waals surface area contributed by atoms with Crippen molar-refractivity contribution in [1.29, 1.82) is 0 Å². The summed E-state index contributed by atoms with van der Waals surface area (Å²) in [4.78, 5) is 12.4. The quantitative estimate of drug-likeness (QED) is 0.784. The van der Waals surface area contributed by atoms with E-state index in [-0.39, 0.29) is 9.92 Å². The minimum atomic E-state index is -3.92. The minimum Gasteiger partial charge on any atom is -0.495 e. The fourth-order valence-corrected chi connectivity index (χ4v) is 3.96. The highest BCUT2D eigenvalue weighted by Gasteiger charge is 2.23. The SMILES string of the molecule is COc1ccc(S(=O)(=O)N[C@@H](C)C(=O)Nc2c(C)cccc2C)cc1Cl. The highest BCUT2D eigenvalue weighted by atomic mass is 35.5. The van der Waals surface area contributed by atoms with Gasteiger partial charge in [-0.2, -0.15) is 4.72 Å². The van der Waals surface area contributed by atoms with E-state index in [1.54, 1.807) is 0 Å². The summed E-state index contributed by atoms with van der Waals surface area (Å²) in [5.74, 6) is -0.0861. The van der Waals surface area contributed by atoms with Crippen LogP contribution in [0.25, 0.3) is 0 Å². The van der Waals surface area contributed by atoms with Crippen molar-refractivity contribution in [3.05, 3.63) is 52.5 Å². The molecule has 0 spiro atoms. The van der Waals surface area contributed by atoms with Gasteiger partial charge in [-0.05, 0) is 50.1 Å². The van der Waals surface area contributed by atoms with Crippen molar-refractivity contribution in [3.63, 3.8) is 0 Å². The molecule has 2 rings (SSSR count). The Morgan fingerprint density at radius 1 is 1.15 bits per heavy atom. The standard InChI is InChI=1S/C18H21ClN2O4S/c1-11-6-5-7-12(2)17(11)20-18(22)13(3)21-26(23,24)14-8-9-16(25-4)15(19)10-14/h5-10,13,21H,1-4H3,(H,20,22)/t13-/m0/s1.